The van der Waals surface area contributed by atoms with Crippen molar-refractivity contribution in [2.45, 2.75) is 37.0 Å². The molecule has 3 nitrogen and oxygen atoms in total. The summed E-state index contributed by atoms with van der Waals surface area (Å²) in [6.07, 6.45) is 2.43. The number of aliphatic hydroxyl groups is 2. The van der Waals surface area contributed by atoms with E-state index in [4.69, 9.17) is 0 Å². The van der Waals surface area contributed by atoms with E-state index in [0.717, 1.165) is 31.5 Å². The van der Waals surface area contributed by atoms with Crippen molar-refractivity contribution in [2.24, 2.45) is 0 Å². The third-order valence-electron chi connectivity index (χ3n) is 6.08. The summed E-state index contributed by atoms with van der Waals surface area (Å²) in [5.74, 6) is 0. The van der Waals surface area contributed by atoms with Gasteiger partial charge < -0.3 is 10.2 Å². The molecular formula is C26H29NO2. The number of rotatable bonds is 6. The van der Waals surface area contributed by atoms with Gasteiger partial charge in [-0.05, 0) is 42.6 Å². The third-order valence-corrected chi connectivity index (χ3v) is 6.08. The molecule has 2 atom stereocenters. The second-order valence-corrected chi connectivity index (χ2v) is 7.90. The first-order valence-corrected chi connectivity index (χ1v) is 10.5. The van der Waals surface area contributed by atoms with Crippen LogP contribution in [-0.2, 0) is 5.60 Å². The SMILES string of the molecule is O[C@@H]([C@@H](c1ccccc1)N1CCCCC1)C(O)(c1ccccc1)c1ccccc1. The minimum Gasteiger partial charge on any atom is -0.387 e. The molecule has 2 N–H and O–H groups in total. The minimum absolute atomic E-state index is 0.290. The van der Waals surface area contributed by atoms with Gasteiger partial charge in [0, 0.05) is 0 Å². The summed E-state index contributed by atoms with van der Waals surface area (Å²) in [6, 6.07) is 28.9. The first kappa shape index (κ1) is 19.8. The summed E-state index contributed by atoms with van der Waals surface area (Å²) in [5, 5.41) is 24.0. The smallest absolute Gasteiger partial charge is 0.142 e. The van der Waals surface area contributed by atoms with E-state index in [1.807, 2.05) is 78.9 Å². The molecule has 1 heterocycles. The summed E-state index contributed by atoms with van der Waals surface area (Å²) >= 11 is 0. The molecule has 1 aliphatic heterocycles. The number of hydrogen-bond acceptors (Lipinski definition) is 3. The molecule has 3 aromatic rings. The molecule has 0 bridgehead atoms. The van der Waals surface area contributed by atoms with Gasteiger partial charge in [0.1, 0.15) is 11.7 Å². The predicted molar refractivity (Wildman–Crippen MR) is 116 cm³/mol. The Bertz CT molecular complexity index is 837. The topological polar surface area (TPSA) is 43.7 Å². The fraction of sp³-hybridized carbons (Fsp3) is 0.308. The quantitative estimate of drug-likeness (QED) is 0.654. The number of nitrogens with zero attached hydrogens (tertiary/aromatic N) is 1. The fourth-order valence-electron chi connectivity index (χ4n) is 4.56. The lowest BCUT2D eigenvalue weighted by atomic mass is 9.76. The lowest BCUT2D eigenvalue weighted by Gasteiger charge is -2.44. The monoisotopic (exact) mass is 387 g/mol. The van der Waals surface area contributed by atoms with E-state index in [1.54, 1.807) is 0 Å². The highest BCUT2D eigenvalue weighted by molar-refractivity contribution is 5.39. The van der Waals surface area contributed by atoms with E-state index in [-0.39, 0.29) is 6.04 Å². The van der Waals surface area contributed by atoms with Crippen LogP contribution in [0.5, 0.6) is 0 Å². The Labute approximate surface area is 173 Å². The molecule has 0 aromatic heterocycles. The van der Waals surface area contributed by atoms with Crippen LogP contribution < -0.4 is 0 Å². The van der Waals surface area contributed by atoms with Crippen LogP contribution in [0.25, 0.3) is 0 Å². The van der Waals surface area contributed by atoms with Crippen LogP contribution >= 0.6 is 0 Å². The van der Waals surface area contributed by atoms with Crippen molar-refractivity contribution in [2.75, 3.05) is 13.1 Å². The van der Waals surface area contributed by atoms with Gasteiger partial charge in [-0.15, -0.1) is 0 Å². The second kappa shape index (κ2) is 8.91. The number of aliphatic hydroxyl groups excluding tert-OH is 1. The lowest BCUT2D eigenvalue weighted by molar-refractivity contribution is -0.0958. The lowest BCUT2D eigenvalue weighted by Crippen LogP contribution is -2.50. The standard InChI is InChI=1S/C26H29NO2/c28-25(24(21-13-5-1-6-14-21)27-19-11-4-12-20-27)26(29,22-15-7-2-8-16-22)23-17-9-3-10-18-23/h1-3,5-10,13-18,24-25,28-29H,4,11-12,19-20H2/t24-,25+/m1/s1. The molecule has 0 radical (unpaired) electrons. The Kier molecular flexibility index (Phi) is 6.10. The van der Waals surface area contributed by atoms with E-state index in [0.29, 0.717) is 11.1 Å². The molecular weight excluding hydrogens is 358 g/mol. The molecule has 150 valence electrons. The first-order chi connectivity index (χ1) is 14.2. The van der Waals surface area contributed by atoms with Crippen LogP contribution in [0.15, 0.2) is 91.0 Å². The molecule has 3 heteroatoms. The summed E-state index contributed by atoms with van der Waals surface area (Å²) in [5.41, 5.74) is 0.931. The Balaban J connectivity index is 1.83. The zero-order valence-corrected chi connectivity index (χ0v) is 16.7. The average molecular weight is 388 g/mol. The Hall–Kier alpha value is -2.46. The Morgan fingerprint density at radius 3 is 1.59 bits per heavy atom. The van der Waals surface area contributed by atoms with Gasteiger partial charge in [0.25, 0.3) is 0 Å². The van der Waals surface area contributed by atoms with Crippen molar-refractivity contribution in [1.82, 2.24) is 4.90 Å². The first-order valence-electron chi connectivity index (χ1n) is 10.5. The summed E-state index contributed by atoms with van der Waals surface area (Å²) in [4.78, 5) is 2.33. The van der Waals surface area contributed by atoms with Crippen LogP contribution in [-0.4, -0.2) is 34.3 Å². The van der Waals surface area contributed by atoms with Gasteiger partial charge >= 0.3 is 0 Å². The fourth-order valence-corrected chi connectivity index (χ4v) is 4.56. The van der Waals surface area contributed by atoms with Gasteiger partial charge in [-0.1, -0.05) is 97.4 Å². The molecule has 0 amide bonds. The van der Waals surface area contributed by atoms with Crippen molar-refractivity contribution in [1.29, 1.82) is 0 Å². The van der Waals surface area contributed by atoms with Gasteiger partial charge in [-0.25, -0.2) is 0 Å². The van der Waals surface area contributed by atoms with E-state index in [9.17, 15) is 10.2 Å². The van der Waals surface area contributed by atoms with Crippen molar-refractivity contribution in [3.63, 3.8) is 0 Å². The van der Waals surface area contributed by atoms with Crippen molar-refractivity contribution in [3.8, 4) is 0 Å². The van der Waals surface area contributed by atoms with Crippen LogP contribution in [0.4, 0.5) is 0 Å². The van der Waals surface area contributed by atoms with Crippen LogP contribution in [0, 0.1) is 0 Å². The highest BCUT2D eigenvalue weighted by Gasteiger charge is 2.45. The molecule has 1 saturated heterocycles. The maximum atomic E-state index is 12.1. The molecule has 0 unspecified atom stereocenters. The molecule has 0 spiro atoms. The normalized spacial score (nSPS) is 17.6. The van der Waals surface area contributed by atoms with Gasteiger partial charge in [0.05, 0.1) is 6.04 Å². The summed E-state index contributed by atoms with van der Waals surface area (Å²) in [6.45, 7) is 1.85. The van der Waals surface area contributed by atoms with Gasteiger partial charge in [0.15, 0.2) is 0 Å². The highest BCUT2D eigenvalue weighted by atomic mass is 16.3. The summed E-state index contributed by atoms with van der Waals surface area (Å²) < 4.78 is 0. The van der Waals surface area contributed by atoms with Crippen LogP contribution in [0.1, 0.15) is 42.0 Å². The highest BCUT2D eigenvalue weighted by Crippen LogP contribution is 2.41. The average Bonchev–Trinajstić information content (AvgIpc) is 2.81. The van der Waals surface area contributed by atoms with Crippen molar-refractivity contribution >= 4 is 0 Å². The van der Waals surface area contributed by atoms with Crippen LogP contribution in [0.3, 0.4) is 0 Å². The maximum Gasteiger partial charge on any atom is 0.142 e. The molecule has 1 aliphatic rings. The minimum atomic E-state index is -1.51. The van der Waals surface area contributed by atoms with E-state index >= 15 is 0 Å². The molecule has 0 aliphatic carbocycles. The third kappa shape index (κ3) is 3.99. The molecule has 0 saturated carbocycles. The Morgan fingerprint density at radius 2 is 1.10 bits per heavy atom. The van der Waals surface area contributed by atoms with E-state index in [2.05, 4.69) is 17.0 Å². The molecule has 3 aromatic carbocycles. The van der Waals surface area contributed by atoms with Gasteiger partial charge in [-0.3, -0.25) is 4.90 Å². The number of benzene rings is 3. The van der Waals surface area contributed by atoms with Gasteiger partial charge in [0.2, 0.25) is 0 Å². The van der Waals surface area contributed by atoms with E-state index < -0.39 is 11.7 Å². The summed E-state index contributed by atoms with van der Waals surface area (Å²) in [7, 11) is 0. The number of piperidine rings is 1. The Morgan fingerprint density at radius 1 is 0.655 bits per heavy atom. The number of likely N-dealkylation sites (tertiary alicyclic amines) is 1. The predicted octanol–water partition coefficient (Wildman–Crippen LogP) is 4.51. The zero-order valence-electron chi connectivity index (χ0n) is 16.7. The zero-order chi connectivity index (χ0) is 20.1. The largest absolute Gasteiger partial charge is 0.387 e. The van der Waals surface area contributed by atoms with E-state index in [1.165, 1.54) is 6.42 Å². The van der Waals surface area contributed by atoms with Crippen molar-refractivity contribution < 1.29 is 10.2 Å². The maximum absolute atomic E-state index is 12.1. The second-order valence-electron chi connectivity index (χ2n) is 7.90. The molecule has 29 heavy (non-hydrogen) atoms. The molecule has 4 rings (SSSR count). The molecule has 1 fully saturated rings. The van der Waals surface area contributed by atoms with Crippen LogP contribution in [0.2, 0.25) is 0 Å². The van der Waals surface area contributed by atoms with Crippen molar-refractivity contribution in [3.05, 3.63) is 108 Å². The number of hydrogen-bond donors (Lipinski definition) is 2. The van der Waals surface area contributed by atoms with Gasteiger partial charge in [-0.2, -0.15) is 0 Å².